The fourth-order valence-corrected chi connectivity index (χ4v) is 2.00. The van der Waals surface area contributed by atoms with E-state index in [9.17, 15) is 0 Å². The minimum Gasteiger partial charge on any atom is -0.385 e. The first-order chi connectivity index (χ1) is 9.77. The Hall–Kier alpha value is -1.26. The van der Waals surface area contributed by atoms with E-state index < -0.39 is 0 Å². The Morgan fingerprint density at radius 2 is 2.00 bits per heavy atom. The van der Waals surface area contributed by atoms with E-state index in [4.69, 9.17) is 16.3 Å². The summed E-state index contributed by atoms with van der Waals surface area (Å²) >= 11 is 6.11. The summed E-state index contributed by atoms with van der Waals surface area (Å²) in [5.74, 6) is 0.802. The van der Waals surface area contributed by atoms with Crippen molar-refractivity contribution in [2.24, 2.45) is 4.99 Å². The van der Waals surface area contributed by atoms with Gasteiger partial charge in [0.15, 0.2) is 5.96 Å². The molecule has 0 heterocycles. The normalized spacial score (nSPS) is 11.4. The van der Waals surface area contributed by atoms with Gasteiger partial charge in [0.05, 0.1) is 0 Å². The Bertz CT molecular complexity index is 410. The standard InChI is InChI=1S/C15H24ClN3O/c1-17-15(18-10-6-3-7-11-20-2)19-12-13-8-4-5-9-14(13)16/h4-5,8-9H,3,6-7,10-12H2,1-2H3,(H2,17,18,19). The minimum atomic E-state index is 0.670. The van der Waals surface area contributed by atoms with Crippen LogP contribution in [0, 0.1) is 0 Å². The van der Waals surface area contributed by atoms with E-state index in [1.165, 1.54) is 0 Å². The largest absolute Gasteiger partial charge is 0.385 e. The first-order valence-electron chi connectivity index (χ1n) is 6.94. The number of hydrogen-bond acceptors (Lipinski definition) is 2. The summed E-state index contributed by atoms with van der Waals surface area (Å²) in [4.78, 5) is 4.19. The molecule has 0 unspecified atom stereocenters. The molecule has 1 aromatic rings. The third-order valence-corrected chi connectivity index (χ3v) is 3.31. The van der Waals surface area contributed by atoms with Crippen molar-refractivity contribution in [3.8, 4) is 0 Å². The highest BCUT2D eigenvalue weighted by Gasteiger charge is 2.01. The Morgan fingerprint density at radius 3 is 2.70 bits per heavy atom. The van der Waals surface area contributed by atoms with Crippen molar-refractivity contribution < 1.29 is 4.74 Å². The lowest BCUT2D eigenvalue weighted by Gasteiger charge is -2.12. The zero-order chi connectivity index (χ0) is 14.6. The molecular weight excluding hydrogens is 274 g/mol. The smallest absolute Gasteiger partial charge is 0.191 e. The predicted octanol–water partition coefficient (Wildman–Crippen LogP) is 2.82. The number of guanidine groups is 1. The van der Waals surface area contributed by atoms with Gasteiger partial charge in [0.25, 0.3) is 0 Å². The highest BCUT2D eigenvalue weighted by atomic mass is 35.5. The number of hydrogen-bond donors (Lipinski definition) is 2. The zero-order valence-corrected chi connectivity index (χ0v) is 13.0. The Kier molecular flexibility index (Phi) is 8.83. The van der Waals surface area contributed by atoms with Crippen LogP contribution < -0.4 is 10.6 Å². The third kappa shape index (κ3) is 6.78. The summed E-state index contributed by atoms with van der Waals surface area (Å²) in [5, 5.41) is 7.32. The average molecular weight is 298 g/mol. The molecule has 0 aliphatic rings. The number of aliphatic imine (C=N–C) groups is 1. The van der Waals surface area contributed by atoms with E-state index in [0.29, 0.717) is 6.54 Å². The summed E-state index contributed by atoms with van der Waals surface area (Å²) in [5.41, 5.74) is 1.07. The van der Waals surface area contributed by atoms with Crippen LogP contribution in [0.5, 0.6) is 0 Å². The van der Waals surface area contributed by atoms with Crippen molar-refractivity contribution in [2.75, 3.05) is 27.3 Å². The maximum Gasteiger partial charge on any atom is 0.191 e. The summed E-state index contributed by atoms with van der Waals surface area (Å²) in [6.45, 7) is 2.41. The number of ether oxygens (including phenoxy) is 1. The lowest BCUT2D eigenvalue weighted by Crippen LogP contribution is -2.37. The van der Waals surface area contributed by atoms with E-state index in [0.717, 1.165) is 49.0 Å². The lowest BCUT2D eigenvalue weighted by atomic mass is 10.2. The number of rotatable bonds is 8. The monoisotopic (exact) mass is 297 g/mol. The number of benzene rings is 1. The summed E-state index contributed by atoms with van der Waals surface area (Å²) in [6.07, 6.45) is 3.36. The van der Waals surface area contributed by atoms with Crippen LogP contribution in [0.25, 0.3) is 0 Å². The van der Waals surface area contributed by atoms with Gasteiger partial charge in [-0.15, -0.1) is 0 Å². The van der Waals surface area contributed by atoms with Crippen LogP contribution in [-0.2, 0) is 11.3 Å². The summed E-state index contributed by atoms with van der Waals surface area (Å²) < 4.78 is 5.02. The second-order valence-corrected chi connectivity index (χ2v) is 4.90. The molecule has 0 aliphatic carbocycles. The van der Waals surface area contributed by atoms with Crippen LogP contribution in [0.4, 0.5) is 0 Å². The molecule has 112 valence electrons. The van der Waals surface area contributed by atoms with Gasteiger partial charge in [0.1, 0.15) is 0 Å². The van der Waals surface area contributed by atoms with E-state index >= 15 is 0 Å². The summed E-state index contributed by atoms with van der Waals surface area (Å²) in [6, 6.07) is 7.81. The second-order valence-electron chi connectivity index (χ2n) is 4.50. The van der Waals surface area contributed by atoms with Gasteiger partial charge in [-0.05, 0) is 30.9 Å². The first-order valence-corrected chi connectivity index (χ1v) is 7.32. The molecule has 0 radical (unpaired) electrons. The third-order valence-electron chi connectivity index (χ3n) is 2.95. The van der Waals surface area contributed by atoms with E-state index in [2.05, 4.69) is 15.6 Å². The molecule has 0 aromatic heterocycles. The van der Waals surface area contributed by atoms with E-state index in [-0.39, 0.29) is 0 Å². The predicted molar refractivity (Wildman–Crippen MR) is 85.4 cm³/mol. The molecule has 4 nitrogen and oxygen atoms in total. The molecule has 0 amide bonds. The molecule has 1 aromatic carbocycles. The van der Waals surface area contributed by atoms with Crippen LogP contribution in [0.15, 0.2) is 29.3 Å². The number of halogens is 1. The molecular formula is C15H24ClN3O. The van der Waals surface area contributed by atoms with Gasteiger partial charge in [-0.1, -0.05) is 29.8 Å². The molecule has 1 rings (SSSR count). The Morgan fingerprint density at radius 1 is 1.20 bits per heavy atom. The maximum atomic E-state index is 6.11. The van der Waals surface area contributed by atoms with E-state index in [1.54, 1.807) is 14.2 Å². The molecule has 20 heavy (non-hydrogen) atoms. The molecule has 0 saturated carbocycles. The van der Waals surface area contributed by atoms with Gasteiger partial charge < -0.3 is 15.4 Å². The van der Waals surface area contributed by atoms with Crippen LogP contribution in [-0.4, -0.2) is 33.3 Å². The van der Waals surface area contributed by atoms with Crippen molar-refractivity contribution in [3.05, 3.63) is 34.9 Å². The average Bonchev–Trinajstić information content (AvgIpc) is 2.47. The van der Waals surface area contributed by atoms with Gasteiger partial charge in [-0.3, -0.25) is 4.99 Å². The first kappa shape index (κ1) is 16.8. The molecule has 0 aliphatic heterocycles. The van der Waals surface area contributed by atoms with Gasteiger partial charge in [0, 0.05) is 38.9 Å². The molecule has 2 N–H and O–H groups in total. The van der Waals surface area contributed by atoms with Crippen molar-refractivity contribution in [3.63, 3.8) is 0 Å². The molecule has 0 spiro atoms. The number of nitrogens with one attached hydrogen (secondary N) is 2. The Balaban J connectivity index is 2.22. The molecule has 0 fully saturated rings. The van der Waals surface area contributed by atoms with Crippen molar-refractivity contribution in [1.82, 2.24) is 10.6 Å². The summed E-state index contributed by atoms with van der Waals surface area (Å²) in [7, 11) is 3.51. The van der Waals surface area contributed by atoms with E-state index in [1.807, 2.05) is 24.3 Å². The molecule has 0 atom stereocenters. The van der Waals surface area contributed by atoms with Crippen molar-refractivity contribution in [1.29, 1.82) is 0 Å². The van der Waals surface area contributed by atoms with Crippen LogP contribution >= 0.6 is 11.6 Å². The molecule has 0 saturated heterocycles. The zero-order valence-electron chi connectivity index (χ0n) is 12.3. The minimum absolute atomic E-state index is 0.670. The SMILES string of the molecule is CN=C(NCCCCCOC)NCc1ccccc1Cl. The number of nitrogens with zero attached hydrogens (tertiary/aromatic N) is 1. The molecule has 0 bridgehead atoms. The van der Waals surface area contributed by atoms with Crippen molar-refractivity contribution in [2.45, 2.75) is 25.8 Å². The van der Waals surface area contributed by atoms with Crippen LogP contribution in [0.1, 0.15) is 24.8 Å². The number of methoxy groups -OCH3 is 1. The van der Waals surface area contributed by atoms with Crippen LogP contribution in [0.3, 0.4) is 0 Å². The maximum absolute atomic E-state index is 6.11. The van der Waals surface area contributed by atoms with Gasteiger partial charge in [-0.2, -0.15) is 0 Å². The quantitative estimate of drug-likeness (QED) is 0.441. The van der Waals surface area contributed by atoms with Crippen LogP contribution in [0.2, 0.25) is 5.02 Å². The van der Waals surface area contributed by atoms with Gasteiger partial charge >= 0.3 is 0 Å². The van der Waals surface area contributed by atoms with Crippen molar-refractivity contribution >= 4 is 17.6 Å². The Labute approximate surface area is 126 Å². The second kappa shape index (κ2) is 10.5. The fourth-order valence-electron chi connectivity index (χ4n) is 1.80. The lowest BCUT2D eigenvalue weighted by molar-refractivity contribution is 0.192. The molecule has 5 heteroatoms. The highest BCUT2D eigenvalue weighted by Crippen LogP contribution is 2.14. The topological polar surface area (TPSA) is 45.7 Å². The highest BCUT2D eigenvalue weighted by molar-refractivity contribution is 6.31. The fraction of sp³-hybridized carbons (Fsp3) is 0.533. The van der Waals surface area contributed by atoms with Gasteiger partial charge in [0.2, 0.25) is 0 Å². The number of unbranched alkanes of at least 4 members (excludes halogenated alkanes) is 2. The van der Waals surface area contributed by atoms with Gasteiger partial charge in [-0.25, -0.2) is 0 Å².